The van der Waals surface area contributed by atoms with Crippen molar-refractivity contribution in [3.05, 3.63) is 34.9 Å². The normalized spacial score (nSPS) is 12.5. The summed E-state index contributed by atoms with van der Waals surface area (Å²) in [7, 11) is 0. The van der Waals surface area contributed by atoms with Crippen LogP contribution in [0, 0.1) is 0 Å². The van der Waals surface area contributed by atoms with E-state index in [1.807, 2.05) is 25.1 Å². The van der Waals surface area contributed by atoms with Gasteiger partial charge in [-0.2, -0.15) is 0 Å². The van der Waals surface area contributed by atoms with Crippen molar-refractivity contribution in [1.29, 1.82) is 0 Å². The van der Waals surface area contributed by atoms with Gasteiger partial charge in [0.1, 0.15) is 5.78 Å². The highest BCUT2D eigenvalue weighted by Gasteiger charge is 2.11. The predicted molar refractivity (Wildman–Crippen MR) is 58.4 cm³/mol. The second-order valence-electron chi connectivity index (χ2n) is 3.26. The van der Waals surface area contributed by atoms with Gasteiger partial charge in [0.15, 0.2) is 0 Å². The monoisotopic (exact) mass is 211 g/mol. The molecule has 0 saturated heterocycles. The van der Waals surface area contributed by atoms with E-state index in [9.17, 15) is 4.79 Å². The number of halogens is 1. The van der Waals surface area contributed by atoms with Gasteiger partial charge in [0, 0.05) is 11.4 Å². The van der Waals surface area contributed by atoms with E-state index in [1.54, 1.807) is 6.07 Å². The standard InChI is InChI=1S/C11H14ClNO/c1-2-11(14)10(13)7-8-4-3-5-9(12)6-8/h3-6,10H,2,7,13H2,1H3. The maximum Gasteiger partial charge on any atom is 0.149 e. The molecule has 14 heavy (non-hydrogen) atoms. The first kappa shape index (κ1) is 11.2. The summed E-state index contributed by atoms with van der Waals surface area (Å²) in [6, 6.07) is 7.02. The SMILES string of the molecule is CCC(=O)C(N)Cc1cccc(Cl)c1. The lowest BCUT2D eigenvalue weighted by Crippen LogP contribution is -2.32. The van der Waals surface area contributed by atoms with Crippen molar-refractivity contribution < 1.29 is 4.79 Å². The van der Waals surface area contributed by atoms with E-state index in [2.05, 4.69) is 0 Å². The van der Waals surface area contributed by atoms with Crippen LogP contribution in [0.15, 0.2) is 24.3 Å². The van der Waals surface area contributed by atoms with E-state index in [-0.39, 0.29) is 5.78 Å². The Kier molecular flexibility index (Phi) is 4.11. The van der Waals surface area contributed by atoms with Gasteiger partial charge in [0.2, 0.25) is 0 Å². The van der Waals surface area contributed by atoms with Crippen molar-refractivity contribution in [2.75, 3.05) is 0 Å². The van der Waals surface area contributed by atoms with Crippen LogP contribution in [0.5, 0.6) is 0 Å². The van der Waals surface area contributed by atoms with Crippen LogP contribution in [0.25, 0.3) is 0 Å². The lowest BCUT2D eigenvalue weighted by atomic mass is 10.0. The van der Waals surface area contributed by atoms with Gasteiger partial charge in [-0.1, -0.05) is 30.7 Å². The third-order valence-corrected chi connectivity index (χ3v) is 2.34. The number of nitrogens with two attached hydrogens (primary N) is 1. The number of carbonyl (C=O) groups excluding carboxylic acids is 1. The van der Waals surface area contributed by atoms with Crippen LogP contribution >= 0.6 is 11.6 Å². The minimum atomic E-state index is -0.404. The lowest BCUT2D eigenvalue weighted by Gasteiger charge is -2.09. The molecule has 1 unspecified atom stereocenters. The Bertz CT molecular complexity index is 325. The summed E-state index contributed by atoms with van der Waals surface area (Å²) in [5.74, 6) is 0.0879. The number of rotatable bonds is 4. The Morgan fingerprint density at radius 2 is 2.29 bits per heavy atom. The maximum absolute atomic E-state index is 11.2. The summed E-state index contributed by atoms with van der Waals surface area (Å²) in [5.41, 5.74) is 6.72. The molecule has 2 N–H and O–H groups in total. The van der Waals surface area contributed by atoms with E-state index < -0.39 is 6.04 Å². The summed E-state index contributed by atoms with van der Waals surface area (Å²) < 4.78 is 0. The third kappa shape index (κ3) is 3.13. The first-order valence-electron chi connectivity index (χ1n) is 4.66. The Morgan fingerprint density at radius 1 is 1.57 bits per heavy atom. The number of benzene rings is 1. The number of ketones is 1. The zero-order chi connectivity index (χ0) is 10.6. The Morgan fingerprint density at radius 3 is 2.86 bits per heavy atom. The van der Waals surface area contributed by atoms with Crippen molar-refractivity contribution in [2.24, 2.45) is 5.73 Å². The van der Waals surface area contributed by atoms with E-state index in [0.717, 1.165) is 5.56 Å². The van der Waals surface area contributed by atoms with Crippen LogP contribution in [0.1, 0.15) is 18.9 Å². The van der Waals surface area contributed by atoms with Gasteiger partial charge in [-0.05, 0) is 24.1 Å². The fourth-order valence-corrected chi connectivity index (χ4v) is 1.51. The van der Waals surface area contributed by atoms with Crippen LogP contribution < -0.4 is 5.73 Å². The molecule has 2 nitrogen and oxygen atoms in total. The van der Waals surface area contributed by atoms with Crippen molar-refractivity contribution >= 4 is 17.4 Å². The molecule has 0 heterocycles. The molecule has 0 aromatic heterocycles. The average molecular weight is 212 g/mol. The van der Waals surface area contributed by atoms with Crippen molar-refractivity contribution in [2.45, 2.75) is 25.8 Å². The van der Waals surface area contributed by atoms with E-state index in [1.165, 1.54) is 0 Å². The molecule has 3 heteroatoms. The summed E-state index contributed by atoms with van der Waals surface area (Å²) in [6.45, 7) is 1.82. The van der Waals surface area contributed by atoms with E-state index >= 15 is 0 Å². The van der Waals surface area contributed by atoms with Crippen LogP contribution in [-0.2, 0) is 11.2 Å². The average Bonchev–Trinajstić information content (AvgIpc) is 2.16. The highest BCUT2D eigenvalue weighted by Crippen LogP contribution is 2.12. The largest absolute Gasteiger partial charge is 0.321 e. The number of hydrogen-bond donors (Lipinski definition) is 1. The molecule has 0 fully saturated rings. The Hall–Kier alpha value is -0.860. The molecule has 0 aliphatic heterocycles. The second-order valence-corrected chi connectivity index (χ2v) is 3.70. The molecule has 0 bridgehead atoms. The molecule has 0 aliphatic rings. The first-order chi connectivity index (χ1) is 6.63. The molecule has 0 saturated carbocycles. The van der Waals surface area contributed by atoms with Crippen molar-refractivity contribution in [3.8, 4) is 0 Å². The highest BCUT2D eigenvalue weighted by molar-refractivity contribution is 6.30. The summed E-state index contributed by atoms with van der Waals surface area (Å²) >= 11 is 5.82. The molecular weight excluding hydrogens is 198 g/mol. The van der Waals surface area contributed by atoms with Gasteiger partial charge >= 0.3 is 0 Å². The maximum atomic E-state index is 11.2. The van der Waals surface area contributed by atoms with Gasteiger partial charge in [-0.15, -0.1) is 0 Å². The molecule has 76 valence electrons. The molecule has 0 radical (unpaired) electrons. The molecule has 1 rings (SSSR count). The lowest BCUT2D eigenvalue weighted by molar-refractivity contribution is -0.119. The molecular formula is C11H14ClNO. The van der Waals surface area contributed by atoms with Gasteiger partial charge in [0.25, 0.3) is 0 Å². The minimum Gasteiger partial charge on any atom is -0.321 e. The minimum absolute atomic E-state index is 0.0879. The molecule has 1 atom stereocenters. The summed E-state index contributed by atoms with van der Waals surface area (Å²) in [4.78, 5) is 11.2. The summed E-state index contributed by atoms with van der Waals surface area (Å²) in [5, 5.41) is 0.679. The fraction of sp³-hybridized carbons (Fsp3) is 0.364. The molecule has 0 spiro atoms. The van der Waals surface area contributed by atoms with E-state index in [0.29, 0.717) is 17.9 Å². The van der Waals surface area contributed by atoms with Crippen molar-refractivity contribution in [1.82, 2.24) is 0 Å². The van der Waals surface area contributed by atoms with Crippen LogP contribution in [0.4, 0.5) is 0 Å². The number of hydrogen-bond acceptors (Lipinski definition) is 2. The molecule has 0 amide bonds. The van der Waals surface area contributed by atoms with Gasteiger partial charge < -0.3 is 5.73 Å². The Balaban J connectivity index is 2.64. The topological polar surface area (TPSA) is 43.1 Å². The van der Waals surface area contributed by atoms with E-state index in [4.69, 9.17) is 17.3 Å². The van der Waals surface area contributed by atoms with Gasteiger partial charge in [-0.3, -0.25) is 4.79 Å². The second kappa shape index (κ2) is 5.13. The van der Waals surface area contributed by atoms with Gasteiger partial charge in [0.05, 0.1) is 6.04 Å². The molecule has 1 aromatic rings. The Labute approximate surface area is 89.1 Å². The smallest absolute Gasteiger partial charge is 0.149 e. The molecule has 0 aliphatic carbocycles. The third-order valence-electron chi connectivity index (χ3n) is 2.11. The quantitative estimate of drug-likeness (QED) is 0.830. The number of Topliss-reactive ketones (excluding diaryl/α,β-unsaturated/α-hetero) is 1. The number of carbonyl (C=O) groups is 1. The van der Waals surface area contributed by atoms with Crippen LogP contribution in [0.2, 0.25) is 5.02 Å². The molecule has 1 aromatic carbocycles. The zero-order valence-electron chi connectivity index (χ0n) is 8.16. The fourth-order valence-electron chi connectivity index (χ4n) is 1.29. The van der Waals surface area contributed by atoms with Crippen LogP contribution in [-0.4, -0.2) is 11.8 Å². The summed E-state index contributed by atoms with van der Waals surface area (Å²) in [6.07, 6.45) is 1.05. The predicted octanol–water partition coefficient (Wildman–Crippen LogP) is 2.19. The van der Waals surface area contributed by atoms with Crippen molar-refractivity contribution in [3.63, 3.8) is 0 Å². The first-order valence-corrected chi connectivity index (χ1v) is 5.04. The zero-order valence-corrected chi connectivity index (χ0v) is 8.92. The van der Waals surface area contributed by atoms with Gasteiger partial charge in [-0.25, -0.2) is 0 Å². The highest BCUT2D eigenvalue weighted by atomic mass is 35.5. The van der Waals surface area contributed by atoms with Crippen LogP contribution in [0.3, 0.4) is 0 Å².